The van der Waals surface area contributed by atoms with Crippen LogP contribution < -0.4 is 5.76 Å². The van der Waals surface area contributed by atoms with E-state index in [0.29, 0.717) is 24.2 Å². The fourth-order valence-electron chi connectivity index (χ4n) is 4.08. The molecule has 3 heterocycles. The van der Waals surface area contributed by atoms with Crippen molar-refractivity contribution in [2.24, 2.45) is 0 Å². The van der Waals surface area contributed by atoms with Crippen molar-refractivity contribution in [3.05, 3.63) is 70.3 Å². The smallest absolute Gasteiger partial charge is 0.408 e. The predicted octanol–water partition coefficient (Wildman–Crippen LogP) is 3.22. The average Bonchev–Trinajstić information content (AvgIpc) is 3.23. The molecule has 0 bridgehead atoms. The number of fused-ring (bicyclic) bond motifs is 4. The lowest BCUT2D eigenvalue weighted by Crippen LogP contribution is -2.41. The van der Waals surface area contributed by atoms with Crippen LogP contribution in [0.4, 0.5) is 0 Å². The van der Waals surface area contributed by atoms with Gasteiger partial charge in [-0.2, -0.15) is 0 Å². The summed E-state index contributed by atoms with van der Waals surface area (Å²) in [5.41, 5.74) is 4.61. The van der Waals surface area contributed by atoms with Gasteiger partial charge in [-0.25, -0.2) is 4.79 Å². The molecule has 27 heavy (non-hydrogen) atoms. The van der Waals surface area contributed by atoms with Crippen molar-refractivity contribution in [2.75, 3.05) is 6.54 Å². The van der Waals surface area contributed by atoms with E-state index in [1.807, 2.05) is 29.2 Å². The molecule has 1 aliphatic heterocycles. The minimum absolute atomic E-state index is 0.0698. The Morgan fingerprint density at radius 2 is 1.93 bits per heavy atom. The Morgan fingerprint density at radius 3 is 2.81 bits per heavy atom. The van der Waals surface area contributed by atoms with E-state index in [4.69, 9.17) is 4.42 Å². The van der Waals surface area contributed by atoms with Gasteiger partial charge < -0.3 is 14.3 Å². The molecule has 0 aliphatic carbocycles. The van der Waals surface area contributed by atoms with Crippen LogP contribution in [0.15, 0.2) is 57.7 Å². The van der Waals surface area contributed by atoms with E-state index in [-0.39, 0.29) is 5.91 Å². The van der Waals surface area contributed by atoms with Gasteiger partial charge in [-0.15, -0.1) is 0 Å². The highest BCUT2D eigenvalue weighted by Crippen LogP contribution is 2.29. The van der Waals surface area contributed by atoms with Crippen LogP contribution in [0.5, 0.6) is 0 Å². The van der Waals surface area contributed by atoms with Crippen molar-refractivity contribution in [3.8, 4) is 0 Å². The van der Waals surface area contributed by atoms with E-state index in [9.17, 15) is 9.59 Å². The maximum Gasteiger partial charge on any atom is 0.420 e. The van der Waals surface area contributed by atoms with Gasteiger partial charge in [-0.3, -0.25) is 9.36 Å². The Morgan fingerprint density at radius 1 is 1.15 bits per heavy atom. The van der Waals surface area contributed by atoms with Crippen LogP contribution in [0.1, 0.15) is 24.2 Å². The summed E-state index contributed by atoms with van der Waals surface area (Å²) >= 11 is 0. The summed E-state index contributed by atoms with van der Waals surface area (Å²) in [6, 6.07) is 14.7. The van der Waals surface area contributed by atoms with Gasteiger partial charge in [0, 0.05) is 41.7 Å². The second-order valence-corrected chi connectivity index (χ2v) is 7.02. The molecule has 0 radical (unpaired) electrons. The minimum atomic E-state index is -0.618. The van der Waals surface area contributed by atoms with E-state index in [1.165, 1.54) is 15.8 Å². The topological polar surface area (TPSA) is 71.2 Å². The number of aromatic nitrogens is 2. The molecule has 1 amide bonds. The highest BCUT2D eigenvalue weighted by molar-refractivity contribution is 5.87. The normalized spacial score (nSPS) is 15.2. The summed E-state index contributed by atoms with van der Waals surface area (Å²) in [5, 5.41) is 1.16. The molecule has 6 nitrogen and oxygen atoms in total. The van der Waals surface area contributed by atoms with Gasteiger partial charge >= 0.3 is 5.76 Å². The first kappa shape index (κ1) is 15.9. The van der Waals surface area contributed by atoms with E-state index < -0.39 is 11.8 Å². The number of hydrogen-bond acceptors (Lipinski definition) is 3. The van der Waals surface area contributed by atoms with Crippen LogP contribution in [-0.4, -0.2) is 26.9 Å². The van der Waals surface area contributed by atoms with Gasteiger partial charge in [-0.1, -0.05) is 30.3 Å². The molecule has 0 saturated heterocycles. The van der Waals surface area contributed by atoms with Crippen LogP contribution in [0.3, 0.4) is 0 Å². The number of oxazole rings is 1. The molecule has 136 valence electrons. The molecule has 1 aliphatic rings. The Kier molecular flexibility index (Phi) is 3.47. The maximum absolute atomic E-state index is 13.2. The number of hydrogen-bond donors (Lipinski definition) is 1. The lowest BCUT2D eigenvalue weighted by atomic mass is 10.0. The standard InChI is InChI=1S/C21H19N3O3/c1-13(24-18-8-4-5-9-19(18)27-21(24)26)20(25)23-11-10-17-15(12-23)14-6-2-3-7-16(14)22-17/h2-9,13,22H,10-12H2,1H3. The third-order valence-electron chi connectivity index (χ3n) is 5.46. The molecule has 1 unspecified atom stereocenters. The molecule has 5 rings (SSSR count). The van der Waals surface area contributed by atoms with E-state index >= 15 is 0 Å². The predicted molar refractivity (Wildman–Crippen MR) is 103 cm³/mol. The molecule has 4 aromatic rings. The summed E-state index contributed by atoms with van der Waals surface area (Å²) in [7, 11) is 0. The number of rotatable bonds is 2. The minimum Gasteiger partial charge on any atom is -0.408 e. The Balaban J connectivity index is 1.49. The van der Waals surface area contributed by atoms with E-state index in [1.54, 1.807) is 19.1 Å². The van der Waals surface area contributed by atoms with Gasteiger partial charge in [0.25, 0.3) is 0 Å². The first-order valence-electron chi connectivity index (χ1n) is 9.11. The molecule has 0 fully saturated rings. The maximum atomic E-state index is 13.2. The first-order valence-corrected chi connectivity index (χ1v) is 9.11. The van der Waals surface area contributed by atoms with Crippen molar-refractivity contribution >= 4 is 27.9 Å². The number of carbonyl (C=O) groups excluding carboxylic acids is 1. The van der Waals surface area contributed by atoms with Gasteiger partial charge in [0.15, 0.2) is 5.58 Å². The molecular formula is C21H19N3O3. The van der Waals surface area contributed by atoms with Crippen molar-refractivity contribution in [2.45, 2.75) is 25.9 Å². The quantitative estimate of drug-likeness (QED) is 0.596. The zero-order valence-corrected chi connectivity index (χ0v) is 14.9. The first-order chi connectivity index (χ1) is 13.1. The summed E-state index contributed by atoms with van der Waals surface area (Å²) in [5.74, 6) is -0.568. The molecule has 1 N–H and O–H groups in total. The summed E-state index contributed by atoms with van der Waals surface area (Å²) in [4.78, 5) is 30.8. The third-order valence-corrected chi connectivity index (χ3v) is 5.46. The number of benzene rings is 2. The molecule has 6 heteroatoms. The number of nitrogens with zero attached hydrogens (tertiary/aromatic N) is 2. The van der Waals surface area contributed by atoms with E-state index in [0.717, 1.165) is 17.3 Å². The Bertz CT molecular complexity index is 1230. The van der Waals surface area contributed by atoms with Gasteiger partial charge in [0.2, 0.25) is 5.91 Å². The Hall–Kier alpha value is -3.28. The highest BCUT2D eigenvalue weighted by atomic mass is 16.4. The zero-order valence-electron chi connectivity index (χ0n) is 14.9. The van der Waals surface area contributed by atoms with Crippen molar-refractivity contribution in [1.29, 1.82) is 0 Å². The van der Waals surface area contributed by atoms with Gasteiger partial charge in [-0.05, 0) is 25.1 Å². The van der Waals surface area contributed by atoms with Crippen molar-refractivity contribution in [1.82, 2.24) is 14.5 Å². The summed E-state index contributed by atoms with van der Waals surface area (Å²) < 4.78 is 6.74. The number of amides is 1. The number of aromatic amines is 1. The van der Waals surface area contributed by atoms with Crippen molar-refractivity contribution < 1.29 is 9.21 Å². The van der Waals surface area contributed by atoms with Gasteiger partial charge in [0.1, 0.15) is 6.04 Å². The second-order valence-electron chi connectivity index (χ2n) is 7.02. The molecule has 1 atom stereocenters. The van der Waals surface area contributed by atoms with Crippen LogP contribution in [0.25, 0.3) is 22.0 Å². The monoisotopic (exact) mass is 361 g/mol. The third kappa shape index (κ3) is 2.40. The van der Waals surface area contributed by atoms with Crippen LogP contribution in [0, 0.1) is 0 Å². The van der Waals surface area contributed by atoms with Gasteiger partial charge in [0.05, 0.1) is 5.52 Å². The van der Waals surface area contributed by atoms with Crippen LogP contribution >= 0.6 is 0 Å². The number of para-hydroxylation sites is 3. The van der Waals surface area contributed by atoms with Crippen LogP contribution in [0.2, 0.25) is 0 Å². The zero-order chi connectivity index (χ0) is 18.5. The summed E-state index contributed by atoms with van der Waals surface area (Å²) in [6.07, 6.45) is 0.781. The molecule has 0 saturated carbocycles. The molecule has 2 aromatic carbocycles. The highest BCUT2D eigenvalue weighted by Gasteiger charge is 2.29. The Labute approximate surface area is 155 Å². The lowest BCUT2D eigenvalue weighted by Gasteiger charge is -2.29. The number of H-pyrrole nitrogens is 1. The van der Waals surface area contributed by atoms with Crippen molar-refractivity contribution in [3.63, 3.8) is 0 Å². The fourth-order valence-corrected chi connectivity index (χ4v) is 4.08. The largest absolute Gasteiger partial charge is 0.420 e. The average molecular weight is 361 g/mol. The van der Waals surface area contributed by atoms with E-state index in [2.05, 4.69) is 17.1 Å². The second kappa shape index (κ2) is 5.87. The lowest BCUT2D eigenvalue weighted by molar-refractivity contribution is -0.135. The summed E-state index contributed by atoms with van der Waals surface area (Å²) in [6.45, 7) is 2.94. The fraction of sp³-hybridized carbons (Fsp3) is 0.238. The van der Waals surface area contributed by atoms with Crippen LogP contribution in [-0.2, 0) is 17.8 Å². The SMILES string of the molecule is CC(C(=O)N1CCc2[nH]c3ccccc3c2C1)n1c(=O)oc2ccccc21. The molecule has 0 spiro atoms. The molecular weight excluding hydrogens is 342 g/mol. The number of nitrogens with one attached hydrogen (secondary N) is 1. The molecule has 2 aromatic heterocycles. The number of carbonyl (C=O) groups is 1.